The summed E-state index contributed by atoms with van der Waals surface area (Å²) in [7, 11) is 1.62. The lowest BCUT2D eigenvalue weighted by Crippen LogP contribution is -1.82. The molecule has 0 spiro atoms. The molecule has 0 fully saturated rings. The highest BCUT2D eigenvalue weighted by atomic mass is 32.2. The Labute approximate surface area is 159 Å². The van der Waals surface area contributed by atoms with Crippen molar-refractivity contribution < 1.29 is 13.6 Å². The van der Waals surface area contributed by atoms with Crippen LogP contribution in [0.1, 0.15) is 11.5 Å². The first-order valence-corrected chi connectivity index (χ1v) is 9.20. The highest BCUT2D eigenvalue weighted by Gasteiger charge is 2.14. The van der Waals surface area contributed by atoms with Gasteiger partial charge in [0, 0.05) is 11.1 Å². The molecule has 0 unspecified atom stereocenters. The summed E-state index contributed by atoms with van der Waals surface area (Å²) in [5.41, 5.74) is 2.84. The van der Waals surface area contributed by atoms with Crippen molar-refractivity contribution in [3.63, 3.8) is 0 Å². The smallest absolute Gasteiger partial charge is 0.277 e. The van der Waals surface area contributed by atoms with Crippen molar-refractivity contribution in [3.8, 4) is 28.7 Å². The van der Waals surface area contributed by atoms with Gasteiger partial charge in [0.05, 0.1) is 12.9 Å². The van der Waals surface area contributed by atoms with Crippen LogP contribution in [0.5, 0.6) is 5.75 Å². The number of methoxy groups -OCH3 is 1. The molecule has 0 aliphatic rings. The molecule has 0 bridgehead atoms. The van der Waals surface area contributed by atoms with Crippen molar-refractivity contribution in [2.75, 3.05) is 7.11 Å². The molecule has 2 aromatic heterocycles. The van der Waals surface area contributed by atoms with E-state index in [2.05, 4.69) is 20.4 Å². The predicted molar refractivity (Wildman–Crippen MR) is 100 cm³/mol. The molecular weight excluding hydrogens is 364 g/mol. The normalized spacial score (nSPS) is 10.9. The number of aromatic nitrogens is 4. The maximum Gasteiger partial charge on any atom is 0.277 e. The second-order valence-corrected chi connectivity index (χ2v) is 6.63. The second-order valence-electron chi connectivity index (χ2n) is 5.71. The summed E-state index contributed by atoms with van der Waals surface area (Å²) in [4.78, 5) is 0. The van der Waals surface area contributed by atoms with E-state index in [9.17, 15) is 0 Å². The summed E-state index contributed by atoms with van der Waals surface area (Å²) >= 11 is 1.35. The van der Waals surface area contributed by atoms with Crippen LogP contribution in [0, 0.1) is 6.92 Å². The van der Waals surface area contributed by atoms with E-state index in [0.29, 0.717) is 28.6 Å². The van der Waals surface area contributed by atoms with Gasteiger partial charge in [0.2, 0.25) is 17.7 Å². The fourth-order valence-electron chi connectivity index (χ4n) is 2.48. The third kappa shape index (κ3) is 3.85. The van der Waals surface area contributed by atoms with Crippen molar-refractivity contribution in [2.45, 2.75) is 17.9 Å². The van der Waals surface area contributed by atoms with Crippen molar-refractivity contribution in [1.82, 2.24) is 20.4 Å². The molecule has 2 heterocycles. The fraction of sp³-hybridized carbons (Fsp3) is 0.158. The molecule has 0 amide bonds. The molecule has 0 saturated heterocycles. The Hall–Kier alpha value is -3.13. The van der Waals surface area contributed by atoms with Crippen LogP contribution in [0.3, 0.4) is 0 Å². The molecule has 0 atom stereocenters. The van der Waals surface area contributed by atoms with Gasteiger partial charge in [0.25, 0.3) is 5.22 Å². The fourth-order valence-corrected chi connectivity index (χ4v) is 3.08. The molecule has 0 aliphatic carbocycles. The summed E-state index contributed by atoms with van der Waals surface area (Å²) in [6.45, 7) is 2.01. The van der Waals surface area contributed by atoms with Gasteiger partial charge in [-0.1, -0.05) is 30.0 Å². The summed E-state index contributed by atoms with van der Waals surface area (Å²) in [5, 5.41) is 16.8. The maximum absolute atomic E-state index is 5.73. The molecule has 0 N–H and O–H groups in total. The molecule has 2 aromatic carbocycles. The standard InChI is InChI=1S/C19H16N4O3S/c1-12-5-3-4-6-15(12)18-22-23-19(26-18)27-11-16-20-21-17(25-16)13-7-9-14(24-2)10-8-13/h3-10H,11H2,1-2H3. The zero-order chi connectivity index (χ0) is 18.6. The number of benzene rings is 2. The highest BCUT2D eigenvalue weighted by molar-refractivity contribution is 7.98. The van der Waals surface area contributed by atoms with Gasteiger partial charge in [-0.2, -0.15) is 0 Å². The van der Waals surface area contributed by atoms with E-state index in [1.807, 2.05) is 55.5 Å². The molecule has 4 rings (SSSR count). The van der Waals surface area contributed by atoms with E-state index >= 15 is 0 Å². The first kappa shape index (κ1) is 17.3. The van der Waals surface area contributed by atoms with Gasteiger partial charge in [-0.3, -0.25) is 0 Å². The van der Waals surface area contributed by atoms with Crippen molar-refractivity contribution in [3.05, 3.63) is 60.0 Å². The zero-order valence-corrected chi connectivity index (χ0v) is 15.6. The monoisotopic (exact) mass is 380 g/mol. The average Bonchev–Trinajstić information content (AvgIpc) is 3.36. The lowest BCUT2D eigenvalue weighted by Gasteiger charge is -1.99. The van der Waals surface area contributed by atoms with Gasteiger partial charge < -0.3 is 13.6 Å². The molecule has 27 heavy (non-hydrogen) atoms. The number of aryl methyl sites for hydroxylation is 1. The SMILES string of the molecule is COc1ccc(-c2nnc(CSc3nnc(-c4ccccc4C)o3)o2)cc1. The molecule has 7 nitrogen and oxygen atoms in total. The average molecular weight is 380 g/mol. The van der Waals surface area contributed by atoms with Gasteiger partial charge in [-0.05, 0) is 42.8 Å². The Morgan fingerprint density at radius 2 is 1.67 bits per heavy atom. The predicted octanol–water partition coefficient (Wildman–Crippen LogP) is 4.40. The van der Waals surface area contributed by atoms with Crippen LogP contribution in [0.2, 0.25) is 0 Å². The van der Waals surface area contributed by atoms with E-state index in [-0.39, 0.29) is 0 Å². The topological polar surface area (TPSA) is 87.1 Å². The van der Waals surface area contributed by atoms with Gasteiger partial charge in [0.15, 0.2) is 0 Å². The van der Waals surface area contributed by atoms with Crippen LogP contribution in [-0.2, 0) is 5.75 Å². The summed E-state index contributed by atoms with van der Waals surface area (Å²) in [6, 6.07) is 15.3. The molecule has 0 radical (unpaired) electrons. The van der Waals surface area contributed by atoms with Crippen molar-refractivity contribution >= 4 is 11.8 Å². The Morgan fingerprint density at radius 1 is 0.889 bits per heavy atom. The Bertz CT molecular complexity index is 1040. The minimum atomic E-state index is 0.443. The van der Waals surface area contributed by atoms with Crippen LogP contribution < -0.4 is 4.74 Å². The van der Waals surface area contributed by atoms with E-state index in [4.69, 9.17) is 13.6 Å². The number of hydrogen-bond acceptors (Lipinski definition) is 8. The molecule has 8 heteroatoms. The highest BCUT2D eigenvalue weighted by Crippen LogP contribution is 2.28. The van der Waals surface area contributed by atoms with Crippen molar-refractivity contribution in [1.29, 1.82) is 0 Å². The number of ether oxygens (including phenoxy) is 1. The second kappa shape index (κ2) is 7.63. The summed E-state index contributed by atoms with van der Waals surface area (Å²) in [6.07, 6.45) is 0. The summed E-state index contributed by atoms with van der Waals surface area (Å²) < 4.78 is 16.6. The van der Waals surface area contributed by atoms with Crippen LogP contribution in [-0.4, -0.2) is 27.5 Å². The lowest BCUT2D eigenvalue weighted by molar-refractivity contribution is 0.415. The van der Waals surface area contributed by atoms with Gasteiger partial charge in [-0.15, -0.1) is 20.4 Å². The minimum Gasteiger partial charge on any atom is -0.497 e. The molecule has 0 aliphatic heterocycles. The van der Waals surface area contributed by atoms with E-state index in [0.717, 1.165) is 22.4 Å². The molecule has 136 valence electrons. The van der Waals surface area contributed by atoms with E-state index in [1.165, 1.54) is 11.8 Å². The Balaban J connectivity index is 1.42. The van der Waals surface area contributed by atoms with Crippen LogP contribution >= 0.6 is 11.8 Å². The van der Waals surface area contributed by atoms with E-state index in [1.54, 1.807) is 7.11 Å². The van der Waals surface area contributed by atoms with E-state index < -0.39 is 0 Å². The zero-order valence-electron chi connectivity index (χ0n) is 14.7. The largest absolute Gasteiger partial charge is 0.497 e. The Kier molecular flexibility index (Phi) is 4.88. The van der Waals surface area contributed by atoms with Crippen molar-refractivity contribution in [2.24, 2.45) is 0 Å². The minimum absolute atomic E-state index is 0.443. The molecule has 0 saturated carbocycles. The number of rotatable bonds is 6. The lowest BCUT2D eigenvalue weighted by atomic mass is 10.1. The van der Waals surface area contributed by atoms with Gasteiger partial charge in [-0.25, -0.2) is 0 Å². The first-order valence-electron chi connectivity index (χ1n) is 8.22. The maximum atomic E-state index is 5.73. The van der Waals surface area contributed by atoms with Gasteiger partial charge >= 0.3 is 0 Å². The first-order chi connectivity index (χ1) is 13.2. The van der Waals surface area contributed by atoms with Crippen LogP contribution in [0.15, 0.2) is 62.6 Å². The number of nitrogens with zero attached hydrogens (tertiary/aromatic N) is 4. The molecule has 4 aromatic rings. The third-order valence-electron chi connectivity index (χ3n) is 3.90. The van der Waals surface area contributed by atoms with Gasteiger partial charge in [0.1, 0.15) is 5.75 Å². The molecular formula is C19H16N4O3S. The number of hydrogen-bond donors (Lipinski definition) is 0. The summed E-state index contributed by atoms with van der Waals surface area (Å²) in [5.74, 6) is 2.66. The van der Waals surface area contributed by atoms with Crippen LogP contribution in [0.4, 0.5) is 0 Å². The van der Waals surface area contributed by atoms with Crippen LogP contribution in [0.25, 0.3) is 22.9 Å². The Morgan fingerprint density at radius 3 is 2.44 bits per heavy atom. The quantitative estimate of drug-likeness (QED) is 0.455. The third-order valence-corrected chi connectivity index (χ3v) is 4.71. The number of thioether (sulfide) groups is 1.